The molecule has 0 bridgehead atoms. The predicted molar refractivity (Wildman–Crippen MR) is 103 cm³/mol. The minimum absolute atomic E-state index is 0.192. The highest BCUT2D eigenvalue weighted by molar-refractivity contribution is 6.39. The lowest BCUT2D eigenvalue weighted by Gasteiger charge is -2.26. The molecule has 8 heteroatoms. The van der Waals surface area contributed by atoms with Crippen molar-refractivity contribution in [2.45, 2.75) is 0 Å². The maximum absolute atomic E-state index is 14.1. The van der Waals surface area contributed by atoms with Gasteiger partial charge in [-0.1, -0.05) is 36.4 Å². The van der Waals surface area contributed by atoms with Gasteiger partial charge in [-0.05, 0) is 36.4 Å². The van der Waals surface area contributed by atoms with Gasteiger partial charge < -0.3 is 4.74 Å². The molecule has 1 fully saturated rings. The number of nitrogens with one attached hydrogen (secondary N) is 1. The summed E-state index contributed by atoms with van der Waals surface area (Å²) in [7, 11) is 0. The average molecular weight is 401 g/mol. The third-order valence-corrected chi connectivity index (χ3v) is 4.06. The smallest absolute Gasteiger partial charge is 0.336 e. The summed E-state index contributed by atoms with van der Waals surface area (Å²) in [6, 6.07) is 8.87. The van der Waals surface area contributed by atoms with Crippen molar-refractivity contribution in [2.24, 2.45) is 0 Å². The number of ether oxygens (including phenoxy) is 1. The van der Waals surface area contributed by atoms with Gasteiger partial charge >= 0.3 is 6.03 Å². The van der Waals surface area contributed by atoms with E-state index in [4.69, 9.17) is 16.3 Å². The minimum atomic E-state index is -1.04. The number of para-hydroxylation sites is 1. The fraction of sp³-hybridized carbons (Fsp3) is 0.0500. The number of hydrogen-bond acceptors (Lipinski definition) is 4. The fourth-order valence-electron chi connectivity index (χ4n) is 2.58. The van der Waals surface area contributed by atoms with Gasteiger partial charge in [-0.3, -0.25) is 14.9 Å². The van der Waals surface area contributed by atoms with E-state index >= 15 is 0 Å². The largest absolute Gasteiger partial charge is 0.489 e. The van der Waals surface area contributed by atoms with Crippen LogP contribution in [0.25, 0.3) is 6.08 Å². The Morgan fingerprint density at radius 2 is 1.93 bits per heavy atom. The normalized spacial score (nSPS) is 15.6. The number of carbonyl (C=O) groups excluding carboxylic acids is 3. The number of halogens is 2. The summed E-state index contributed by atoms with van der Waals surface area (Å²) in [6.07, 6.45) is 2.77. The second-order valence-electron chi connectivity index (χ2n) is 5.69. The van der Waals surface area contributed by atoms with Gasteiger partial charge in [0.25, 0.3) is 11.8 Å². The molecule has 0 atom stereocenters. The van der Waals surface area contributed by atoms with Crippen LogP contribution in [0.2, 0.25) is 5.02 Å². The summed E-state index contributed by atoms with van der Waals surface area (Å²) >= 11 is 6.01. The third-order valence-electron chi connectivity index (χ3n) is 3.82. The zero-order chi connectivity index (χ0) is 20.3. The summed E-state index contributed by atoms with van der Waals surface area (Å²) in [6.45, 7) is 3.75. The number of benzene rings is 2. The first-order chi connectivity index (χ1) is 13.4. The number of urea groups is 1. The van der Waals surface area contributed by atoms with E-state index in [0.717, 1.165) is 6.07 Å². The lowest BCUT2D eigenvalue weighted by Crippen LogP contribution is -2.54. The Balaban J connectivity index is 2.06. The quantitative estimate of drug-likeness (QED) is 0.471. The SMILES string of the molecule is C=CCOc1ccc(Cl)cc1/C=C1/C(=O)NC(=O)N(c2ccccc2F)C1=O. The molecule has 0 saturated carbocycles. The highest BCUT2D eigenvalue weighted by Crippen LogP contribution is 2.28. The lowest BCUT2D eigenvalue weighted by atomic mass is 10.1. The molecule has 1 saturated heterocycles. The van der Waals surface area contributed by atoms with E-state index in [2.05, 4.69) is 6.58 Å². The molecule has 3 rings (SSSR count). The van der Waals surface area contributed by atoms with E-state index in [1.165, 1.54) is 36.4 Å². The van der Waals surface area contributed by atoms with Crippen LogP contribution in [0, 0.1) is 5.82 Å². The number of nitrogens with zero attached hydrogens (tertiary/aromatic N) is 1. The van der Waals surface area contributed by atoms with Crippen molar-refractivity contribution in [2.75, 3.05) is 11.5 Å². The summed E-state index contributed by atoms with van der Waals surface area (Å²) in [5.41, 5.74) is -0.290. The molecule has 1 heterocycles. The molecular formula is C20H14ClFN2O4. The van der Waals surface area contributed by atoms with Crippen LogP contribution in [0.5, 0.6) is 5.75 Å². The molecule has 0 aliphatic carbocycles. The highest BCUT2D eigenvalue weighted by atomic mass is 35.5. The van der Waals surface area contributed by atoms with Crippen LogP contribution in [0.15, 0.2) is 60.7 Å². The maximum atomic E-state index is 14.1. The molecule has 2 aromatic rings. The molecule has 0 aromatic heterocycles. The Kier molecular flexibility index (Phi) is 5.56. The number of hydrogen-bond donors (Lipinski definition) is 1. The number of imide groups is 2. The Morgan fingerprint density at radius 3 is 2.64 bits per heavy atom. The van der Waals surface area contributed by atoms with E-state index in [9.17, 15) is 18.8 Å². The summed E-state index contributed by atoms with van der Waals surface area (Å²) in [5.74, 6) is -2.30. The summed E-state index contributed by atoms with van der Waals surface area (Å²) < 4.78 is 19.6. The topological polar surface area (TPSA) is 75.7 Å². The van der Waals surface area contributed by atoms with Crippen molar-refractivity contribution in [3.8, 4) is 5.75 Å². The molecule has 1 N–H and O–H groups in total. The Labute approximate surface area is 164 Å². The second kappa shape index (κ2) is 8.06. The number of rotatable bonds is 5. The van der Waals surface area contributed by atoms with Gasteiger partial charge in [0, 0.05) is 10.6 Å². The maximum Gasteiger partial charge on any atom is 0.336 e. The molecule has 0 unspecified atom stereocenters. The van der Waals surface area contributed by atoms with Crippen molar-refractivity contribution in [3.63, 3.8) is 0 Å². The van der Waals surface area contributed by atoms with Crippen LogP contribution >= 0.6 is 11.6 Å². The fourth-order valence-corrected chi connectivity index (χ4v) is 2.76. The van der Waals surface area contributed by atoms with Crippen LogP contribution in [-0.4, -0.2) is 24.5 Å². The van der Waals surface area contributed by atoms with Gasteiger partial charge in [0.15, 0.2) is 0 Å². The number of anilines is 1. The monoisotopic (exact) mass is 400 g/mol. The lowest BCUT2D eigenvalue weighted by molar-refractivity contribution is -0.122. The molecule has 1 aliphatic rings. The Bertz CT molecular complexity index is 1020. The van der Waals surface area contributed by atoms with Gasteiger partial charge in [-0.2, -0.15) is 0 Å². The van der Waals surface area contributed by atoms with E-state index in [-0.39, 0.29) is 17.9 Å². The Hall–Kier alpha value is -3.45. The molecule has 2 aromatic carbocycles. The van der Waals surface area contributed by atoms with Gasteiger partial charge in [0.2, 0.25) is 0 Å². The van der Waals surface area contributed by atoms with Crippen molar-refractivity contribution in [1.82, 2.24) is 5.32 Å². The first-order valence-electron chi connectivity index (χ1n) is 8.11. The van der Waals surface area contributed by atoms with Crippen molar-refractivity contribution < 1.29 is 23.5 Å². The summed E-state index contributed by atoms with van der Waals surface area (Å²) in [4.78, 5) is 37.8. The zero-order valence-electron chi connectivity index (χ0n) is 14.4. The minimum Gasteiger partial charge on any atom is -0.489 e. The molecule has 6 nitrogen and oxygen atoms in total. The van der Waals surface area contributed by atoms with E-state index < -0.39 is 23.7 Å². The molecule has 142 valence electrons. The zero-order valence-corrected chi connectivity index (χ0v) is 15.2. The molecule has 28 heavy (non-hydrogen) atoms. The predicted octanol–water partition coefficient (Wildman–Crippen LogP) is 3.71. The molecule has 0 radical (unpaired) electrons. The van der Waals surface area contributed by atoms with Crippen molar-refractivity contribution in [3.05, 3.63) is 77.1 Å². The average Bonchev–Trinajstić information content (AvgIpc) is 2.66. The second-order valence-corrected chi connectivity index (χ2v) is 6.13. The standard InChI is InChI=1S/C20H14ClFN2O4/c1-2-9-28-17-8-7-13(21)10-12(17)11-14-18(25)23-20(27)24(19(14)26)16-6-4-3-5-15(16)22/h2-8,10-11H,1,9H2,(H,23,25,27)/b14-11-. The van der Waals surface area contributed by atoms with Crippen LogP contribution < -0.4 is 15.0 Å². The Morgan fingerprint density at radius 1 is 1.18 bits per heavy atom. The van der Waals surface area contributed by atoms with Gasteiger partial charge in [-0.25, -0.2) is 14.1 Å². The number of barbiturate groups is 1. The number of amides is 4. The molecular weight excluding hydrogens is 387 g/mol. The van der Waals surface area contributed by atoms with Crippen LogP contribution in [0.1, 0.15) is 5.56 Å². The van der Waals surface area contributed by atoms with Crippen molar-refractivity contribution in [1.29, 1.82) is 0 Å². The van der Waals surface area contributed by atoms with Crippen LogP contribution in [0.4, 0.5) is 14.9 Å². The van der Waals surface area contributed by atoms with Gasteiger partial charge in [-0.15, -0.1) is 0 Å². The van der Waals surface area contributed by atoms with E-state index in [1.54, 1.807) is 12.1 Å². The van der Waals surface area contributed by atoms with Crippen LogP contribution in [0.3, 0.4) is 0 Å². The summed E-state index contributed by atoms with van der Waals surface area (Å²) in [5, 5.41) is 2.39. The van der Waals surface area contributed by atoms with Gasteiger partial charge in [0.1, 0.15) is 23.7 Å². The van der Waals surface area contributed by atoms with E-state index in [0.29, 0.717) is 21.2 Å². The molecule has 1 aliphatic heterocycles. The highest BCUT2D eigenvalue weighted by Gasteiger charge is 2.38. The first-order valence-corrected chi connectivity index (χ1v) is 8.49. The van der Waals surface area contributed by atoms with Crippen LogP contribution in [-0.2, 0) is 9.59 Å². The van der Waals surface area contributed by atoms with Crippen molar-refractivity contribution >= 4 is 41.2 Å². The first kappa shape index (κ1) is 19.3. The molecule has 0 spiro atoms. The van der Waals surface area contributed by atoms with E-state index in [1.807, 2.05) is 5.32 Å². The third kappa shape index (κ3) is 3.79. The molecule has 4 amide bonds. The number of carbonyl (C=O) groups is 3. The van der Waals surface area contributed by atoms with Gasteiger partial charge in [0.05, 0.1) is 5.69 Å².